The molecule has 0 aliphatic carbocycles. The van der Waals surface area contributed by atoms with E-state index < -0.39 is 54.3 Å². The second kappa shape index (κ2) is 7.80. The average molecular weight is 526 g/mol. The van der Waals surface area contributed by atoms with Crippen LogP contribution in [-0.2, 0) is 0 Å². The molecule has 0 unspecified atom stereocenters. The molecule has 0 fully saturated rings. The van der Waals surface area contributed by atoms with Gasteiger partial charge in [0.05, 0.1) is 0 Å². The van der Waals surface area contributed by atoms with E-state index in [9.17, 15) is 96.6 Å². The molecule has 0 aliphatic heterocycles. The number of alkyl halides is 22. The Morgan fingerprint density at radius 2 is 0.290 bits per heavy atom. The van der Waals surface area contributed by atoms with E-state index in [1.165, 1.54) is 0 Å². The maximum atomic E-state index is 12.3. The predicted molar refractivity (Wildman–Crippen MR) is 49.0 cm³/mol. The van der Waals surface area contributed by atoms with Gasteiger partial charge in [0.25, 0.3) is 0 Å². The van der Waals surface area contributed by atoms with Crippen molar-refractivity contribution < 1.29 is 96.6 Å². The molecule has 0 spiro atoms. The van der Waals surface area contributed by atoms with Crippen molar-refractivity contribution >= 4 is 0 Å². The normalized spacial score (nSPS) is 16.1. The molecule has 31 heavy (non-hydrogen) atoms. The molecule has 0 saturated carbocycles. The van der Waals surface area contributed by atoms with Crippen molar-refractivity contribution in [3.63, 3.8) is 0 Å². The Hall–Kier alpha value is -1.54. The third-order valence-corrected chi connectivity index (χ3v) is 2.61. The monoisotopic (exact) mass is 526 g/mol. The smallest absolute Gasteiger partial charge is 0.192 e. The summed E-state index contributed by atoms with van der Waals surface area (Å²) in [5.74, 6) is -38.4. The summed E-state index contributed by atoms with van der Waals surface area (Å²) in [4.78, 5) is 0. The Kier molecular flexibility index (Phi) is 7.96. The van der Waals surface area contributed by atoms with Gasteiger partial charge in [0.1, 0.15) is 0 Å². The van der Waals surface area contributed by atoms with E-state index in [1.54, 1.807) is 0 Å². The number of rotatable bonds is 3. The van der Waals surface area contributed by atoms with Crippen LogP contribution in [0.25, 0.3) is 0 Å². The molecule has 0 aliphatic rings. The van der Waals surface area contributed by atoms with Crippen LogP contribution in [0.1, 0.15) is 0 Å². The first-order chi connectivity index (χ1) is 12.8. The van der Waals surface area contributed by atoms with Crippen molar-refractivity contribution in [1.29, 1.82) is 0 Å². The van der Waals surface area contributed by atoms with Gasteiger partial charge in [-0.2, -0.15) is 96.6 Å². The van der Waals surface area contributed by atoms with Gasteiger partial charge >= 0.3 is 54.3 Å². The maximum Gasteiger partial charge on any atom is 0.463 e. The lowest BCUT2D eigenvalue weighted by atomic mass is 9.98. The first-order valence-corrected chi connectivity index (χ1v) is 5.91. The highest BCUT2D eigenvalue weighted by Crippen LogP contribution is 2.60. The molecule has 0 bridgehead atoms. The topological polar surface area (TPSA) is 0 Å². The summed E-state index contributed by atoms with van der Waals surface area (Å²) < 4.78 is 254. The Morgan fingerprint density at radius 1 is 0.161 bits per heavy atom. The minimum Gasteiger partial charge on any atom is -0.192 e. The quantitative estimate of drug-likeness (QED) is 0.337. The van der Waals surface area contributed by atoms with Crippen LogP contribution in [0.5, 0.6) is 0 Å². The summed E-state index contributed by atoms with van der Waals surface area (Å²) in [6, 6.07) is 0. The zero-order chi connectivity index (χ0) is 26.5. The standard InChI is InChI=1S/C6F14.C3F8/c7-1(8,3(11,12)5(15,16)17)2(9,10)4(13,14)6(18,19)20;4-1(5,2(6,7)8)3(9,10)11. The maximum absolute atomic E-state index is 12.3. The van der Waals surface area contributed by atoms with E-state index in [0.29, 0.717) is 0 Å². The fourth-order valence-corrected chi connectivity index (χ4v) is 0.911. The summed E-state index contributed by atoms with van der Waals surface area (Å²) >= 11 is 0. The van der Waals surface area contributed by atoms with Crippen LogP contribution in [0.2, 0.25) is 0 Å². The lowest BCUT2D eigenvalue weighted by molar-refractivity contribution is -0.451. The first-order valence-electron chi connectivity index (χ1n) is 5.91. The van der Waals surface area contributed by atoms with Crippen LogP contribution in [0, 0.1) is 0 Å². The Bertz CT molecular complexity index is 538. The molecule has 0 heterocycles. The Labute approximate surface area is 152 Å². The molecule has 0 aromatic carbocycles. The Morgan fingerprint density at radius 3 is 0.355 bits per heavy atom. The number of hydrogen-bond donors (Lipinski definition) is 0. The molecular formula is C9F22. The van der Waals surface area contributed by atoms with Crippen molar-refractivity contribution in [3.05, 3.63) is 0 Å². The molecular weight excluding hydrogens is 526 g/mol. The fraction of sp³-hybridized carbons (Fsp3) is 1.00. The largest absolute Gasteiger partial charge is 0.463 e. The van der Waals surface area contributed by atoms with Gasteiger partial charge in [-0.15, -0.1) is 0 Å². The number of hydrogen-bond acceptors (Lipinski definition) is 0. The van der Waals surface area contributed by atoms with Gasteiger partial charge in [-0.1, -0.05) is 0 Å². The molecule has 0 radical (unpaired) electrons. The van der Waals surface area contributed by atoms with E-state index in [0.717, 1.165) is 0 Å². The van der Waals surface area contributed by atoms with E-state index in [1.807, 2.05) is 0 Å². The van der Waals surface area contributed by atoms with Crippen molar-refractivity contribution in [2.24, 2.45) is 0 Å². The molecule has 0 aromatic heterocycles. The number of halogens is 22. The molecule has 0 N–H and O–H groups in total. The lowest BCUT2D eigenvalue weighted by Gasteiger charge is -2.37. The highest BCUT2D eigenvalue weighted by atomic mass is 19.5. The van der Waals surface area contributed by atoms with E-state index in [-0.39, 0.29) is 0 Å². The molecule has 190 valence electrons. The second-order valence-corrected chi connectivity index (χ2v) is 4.86. The van der Waals surface area contributed by atoms with Crippen LogP contribution in [0.4, 0.5) is 96.6 Å². The van der Waals surface area contributed by atoms with Crippen LogP contribution < -0.4 is 0 Å². The summed E-state index contributed by atoms with van der Waals surface area (Å²) in [6.45, 7) is 0. The SMILES string of the molecule is FC(F)(F)C(F)(F)C(F)(F)C(F)(F)C(F)(F)C(F)(F)F.FC(F)(F)C(F)(F)C(F)(F)F. The van der Waals surface area contributed by atoms with E-state index in [2.05, 4.69) is 0 Å². The van der Waals surface area contributed by atoms with Crippen molar-refractivity contribution in [3.8, 4) is 0 Å². The van der Waals surface area contributed by atoms with Crippen molar-refractivity contribution in [2.45, 2.75) is 54.3 Å². The third-order valence-electron chi connectivity index (χ3n) is 2.61. The van der Waals surface area contributed by atoms with Crippen LogP contribution in [-0.4, -0.2) is 54.3 Å². The summed E-state index contributed by atoms with van der Waals surface area (Å²) in [6.07, 6.45) is -28.1. The van der Waals surface area contributed by atoms with Gasteiger partial charge in [-0.3, -0.25) is 0 Å². The predicted octanol–water partition coefficient (Wildman–Crippen LogP) is 7.40. The van der Waals surface area contributed by atoms with Gasteiger partial charge in [-0.05, 0) is 0 Å². The highest BCUT2D eigenvalue weighted by Gasteiger charge is 2.91. The van der Waals surface area contributed by atoms with Gasteiger partial charge < -0.3 is 0 Å². The zero-order valence-electron chi connectivity index (χ0n) is 12.8. The molecule has 0 amide bonds. The fourth-order valence-electron chi connectivity index (χ4n) is 0.911. The van der Waals surface area contributed by atoms with Gasteiger partial charge in [-0.25, -0.2) is 0 Å². The Balaban J connectivity index is 0. The van der Waals surface area contributed by atoms with Crippen molar-refractivity contribution in [2.75, 3.05) is 0 Å². The third kappa shape index (κ3) is 5.28. The van der Waals surface area contributed by atoms with Crippen molar-refractivity contribution in [1.82, 2.24) is 0 Å². The van der Waals surface area contributed by atoms with Gasteiger partial charge in [0.15, 0.2) is 0 Å². The minimum atomic E-state index is -8.04. The molecule has 0 rings (SSSR count). The van der Waals surface area contributed by atoms with Crippen LogP contribution in [0.15, 0.2) is 0 Å². The summed E-state index contributed by atoms with van der Waals surface area (Å²) in [5, 5.41) is 0. The van der Waals surface area contributed by atoms with Crippen LogP contribution >= 0.6 is 0 Å². The van der Waals surface area contributed by atoms with Gasteiger partial charge in [0, 0.05) is 0 Å². The zero-order valence-corrected chi connectivity index (χ0v) is 12.8. The second-order valence-electron chi connectivity index (χ2n) is 4.86. The first kappa shape index (κ1) is 31.6. The molecule has 0 aromatic rings. The molecule has 0 saturated heterocycles. The average Bonchev–Trinajstić information content (AvgIpc) is 2.42. The minimum absolute atomic E-state index is 6.58. The molecule has 0 nitrogen and oxygen atoms in total. The lowest BCUT2D eigenvalue weighted by Crippen LogP contribution is -2.69. The van der Waals surface area contributed by atoms with Gasteiger partial charge in [0.2, 0.25) is 0 Å². The summed E-state index contributed by atoms with van der Waals surface area (Å²) in [7, 11) is 0. The van der Waals surface area contributed by atoms with E-state index in [4.69, 9.17) is 0 Å². The highest BCUT2D eigenvalue weighted by molar-refractivity contribution is 5.08. The van der Waals surface area contributed by atoms with E-state index >= 15 is 0 Å². The summed E-state index contributed by atoms with van der Waals surface area (Å²) in [5.41, 5.74) is 0. The van der Waals surface area contributed by atoms with Crippen LogP contribution in [0.3, 0.4) is 0 Å². The molecule has 22 heteroatoms. The molecule has 0 atom stereocenters.